The Kier molecular flexibility index (Phi) is 4.89. The second-order valence-corrected chi connectivity index (χ2v) is 7.13. The quantitative estimate of drug-likeness (QED) is 0.690. The molecule has 3 aromatic rings. The molecule has 0 aliphatic carbocycles. The van der Waals surface area contributed by atoms with Gasteiger partial charge in [0.2, 0.25) is 5.91 Å². The van der Waals surface area contributed by atoms with E-state index in [2.05, 4.69) is 19.2 Å². The fourth-order valence-electron chi connectivity index (χ4n) is 3.31. The third-order valence-corrected chi connectivity index (χ3v) is 5.67. The van der Waals surface area contributed by atoms with E-state index >= 15 is 0 Å². The fourth-order valence-corrected chi connectivity index (χ4v) is 4.18. The van der Waals surface area contributed by atoms with Crippen molar-refractivity contribution in [1.82, 2.24) is 19.2 Å². The Labute approximate surface area is 161 Å². The third-order valence-electron chi connectivity index (χ3n) is 4.84. The molecule has 0 saturated carbocycles. The highest BCUT2D eigenvalue weighted by Crippen LogP contribution is 2.35. The van der Waals surface area contributed by atoms with Gasteiger partial charge in [-0.2, -0.15) is 4.37 Å². The lowest BCUT2D eigenvalue weighted by Crippen LogP contribution is -2.48. The number of methoxy groups -OCH3 is 1. The number of aromatic nitrogens is 3. The predicted molar refractivity (Wildman–Crippen MR) is 106 cm³/mol. The number of hydrogen-bond acceptors (Lipinski definition) is 7. The molecule has 1 aliphatic heterocycles. The van der Waals surface area contributed by atoms with Gasteiger partial charge in [-0.15, -0.1) is 0 Å². The smallest absolute Gasteiger partial charge is 0.222 e. The molecule has 2 aromatic heterocycles. The Morgan fingerprint density at radius 3 is 2.56 bits per heavy atom. The van der Waals surface area contributed by atoms with Gasteiger partial charge in [-0.3, -0.25) is 4.79 Å². The number of benzene rings is 1. The molecule has 0 unspecified atom stereocenters. The Balaban J connectivity index is 1.62. The van der Waals surface area contributed by atoms with Crippen LogP contribution >= 0.6 is 11.5 Å². The maximum atomic E-state index is 11.9. The summed E-state index contributed by atoms with van der Waals surface area (Å²) in [5.41, 5.74) is 2.73. The summed E-state index contributed by atoms with van der Waals surface area (Å²) in [4.78, 5) is 25.0. The van der Waals surface area contributed by atoms with Crippen LogP contribution in [0.1, 0.15) is 13.3 Å². The molecule has 4 rings (SSSR count). The summed E-state index contributed by atoms with van der Waals surface area (Å²) in [5, 5.41) is 0. The van der Waals surface area contributed by atoms with Crippen molar-refractivity contribution in [2.24, 2.45) is 0 Å². The molecule has 140 valence electrons. The monoisotopic (exact) mass is 383 g/mol. The minimum absolute atomic E-state index is 0.210. The normalized spacial score (nSPS) is 14.6. The molecular formula is C19H21N5O2S. The predicted octanol–water partition coefficient (Wildman–Crippen LogP) is 2.82. The lowest BCUT2D eigenvalue weighted by Gasteiger charge is -2.35. The molecule has 7 nitrogen and oxygen atoms in total. The van der Waals surface area contributed by atoms with Crippen LogP contribution in [0.15, 0.2) is 30.6 Å². The maximum absolute atomic E-state index is 11.9. The van der Waals surface area contributed by atoms with Crippen LogP contribution in [0.3, 0.4) is 0 Å². The fraction of sp³-hybridized carbons (Fsp3) is 0.368. The summed E-state index contributed by atoms with van der Waals surface area (Å²) in [7, 11) is 1.65. The molecule has 8 heteroatoms. The number of piperazine rings is 1. The molecule has 27 heavy (non-hydrogen) atoms. The largest absolute Gasteiger partial charge is 0.497 e. The molecule has 0 N–H and O–H groups in total. The number of ether oxygens (including phenoxy) is 1. The number of amides is 1. The number of rotatable bonds is 4. The molecule has 0 atom stereocenters. The van der Waals surface area contributed by atoms with Crippen molar-refractivity contribution in [2.75, 3.05) is 38.2 Å². The Morgan fingerprint density at radius 2 is 1.89 bits per heavy atom. The van der Waals surface area contributed by atoms with Gasteiger partial charge in [0.15, 0.2) is 5.82 Å². The number of nitrogens with zero attached hydrogens (tertiary/aromatic N) is 5. The Bertz CT molecular complexity index is 948. The van der Waals surface area contributed by atoms with E-state index in [4.69, 9.17) is 4.74 Å². The highest BCUT2D eigenvalue weighted by Gasteiger charge is 2.24. The molecule has 1 saturated heterocycles. The molecule has 1 fully saturated rings. The van der Waals surface area contributed by atoms with Gasteiger partial charge in [0, 0.05) is 38.2 Å². The van der Waals surface area contributed by atoms with Gasteiger partial charge in [0.1, 0.15) is 28.0 Å². The van der Waals surface area contributed by atoms with E-state index in [0.29, 0.717) is 6.42 Å². The summed E-state index contributed by atoms with van der Waals surface area (Å²) < 4.78 is 10.9. The zero-order chi connectivity index (χ0) is 18.8. The average molecular weight is 383 g/mol. The first-order chi connectivity index (χ1) is 13.2. The summed E-state index contributed by atoms with van der Waals surface area (Å²) in [6, 6.07) is 7.83. The van der Waals surface area contributed by atoms with Crippen LogP contribution in [-0.4, -0.2) is 58.4 Å². The van der Waals surface area contributed by atoms with Crippen LogP contribution in [0.4, 0.5) is 5.82 Å². The highest BCUT2D eigenvalue weighted by atomic mass is 32.1. The van der Waals surface area contributed by atoms with Crippen LogP contribution in [0.2, 0.25) is 0 Å². The molecule has 1 aromatic carbocycles. The zero-order valence-electron chi connectivity index (χ0n) is 15.4. The van der Waals surface area contributed by atoms with Gasteiger partial charge in [-0.1, -0.05) is 6.92 Å². The number of carbonyl (C=O) groups is 1. The topological polar surface area (TPSA) is 71.5 Å². The van der Waals surface area contributed by atoms with Crippen LogP contribution in [0.5, 0.6) is 5.75 Å². The van der Waals surface area contributed by atoms with Crippen molar-refractivity contribution in [2.45, 2.75) is 13.3 Å². The van der Waals surface area contributed by atoms with E-state index < -0.39 is 0 Å². The van der Waals surface area contributed by atoms with Crippen LogP contribution in [0.25, 0.3) is 21.5 Å². The van der Waals surface area contributed by atoms with E-state index in [-0.39, 0.29) is 5.91 Å². The van der Waals surface area contributed by atoms with Crippen molar-refractivity contribution >= 4 is 33.5 Å². The SMILES string of the molecule is CCC(=O)N1CCN(c2ncnc3c(-c4ccc(OC)cc4)nsc23)CC1. The lowest BCUT2D eigenvalue weighted by atomic mass is 10.1. The molecule has 3 heterocycles. The number of fused-ring (bicyclic) bond motifs is 1. The van der Waals surface area contributed by atoms with E-state index in [0.717, 1.165) is 59.2 Å². The van der Waals surface area contributed by atoms with Crippen molar-refractivity contribution in [3.05, 3.63) is 30.6 Å². The molecule has 1 amide bonds. The van der Waals surface area contributed by atoms with Gasteiger partial charge >= 0.3 is 0 Å². The lowest BCUT2D eigenvalue weighted by molar-refractivity contribution is -0.131. The van der Waals surface area contributed by atoms with Crippen molar-refractivity contribution < 1.29 is 9.53 Å². The van der Waals surface area contributed by atoms with Gasteiger partial charge < -0.3 is 14.5 Å². The molecule has 1 aliphatic rings. The van der Waals surface area contributed by atoms with Gasteiger partial charge in [-0.05, 0) is 35.8 Å². The van der Waals surface area contributed by atoms with Crippen LogP contribution in [-0.2, 0) is 4.79 Å². The minimum atomic E-state index is 0.210. The van der Waals surface area contributed by atoms with Gasteiger partial charge in [0.25, 0.3) is 0 Å². The summed E-state index contributed by atoms with van der Waals surface area (Å²) in [6.45, 7) is 4.90. The first kappa shape index (κ1) is 17.7. The zero-order valence-corrected chi connectivity index (χ0v) is 16.2. The second-order valence-electron chi connectivity index (χ2n) is 6.36. The van der Waals surface area contributed by atoms with E-state index in [1.807, 2.05) is 36.1 Å². The number of carbonyl (C=O) groups excluding carboxylic acids is 1. The van der Waals surface area contributed by atoms with Crippen LogP contribution < -0.4 is 9.64 Å². The highest BCUT2D eigenvalue weighted by molar-refractivity contribution is 7.14. The average Bonchev–Trinajstić information content (AvgIpc) is 3.17. The van der Waals surface area contributed by atoms with E-state index in [1.54, 1.807) is 13.4 Å². The van der Waals surface area contributed by atoms with Crippen LogP contribution in [0, 0.1) is 0 Å². The van der Waals surface area contributed by atoms with Crippen molar-refractivity contribution in [1.29, 1.82) is 0 Å². The van der Waals surface area contributed by atoms with Gasteiger partial charge in [-0.25, -0.2) is 9.97 Å². The molecule has 0 bridgehead atoms. The molecule has 0 radical (unpaired) electrons. The maximum Gasteiger partial charge on any atom is 0.222 e. The molecular weight excluding hydrogens is 362 g/mol. The van der Waals surface area contributed by atoms with Gasteiger partial charge in [0.05, 0.1) is 7.11 Å². The summed E-state index contributed by atoms with van der Waals surface area (Å²) in [5.74, 6) is 1.93. The first-order valence-electron chi connectivity index (χ1n) is 8.98. The van der Waals surface area contributed by atoms with E-state index in [1.165, 1.54) is 11.5 Å². The Morgan fingerprint density at radius 1 is 1.15 bits per heavy atom. The van der Waals surface area contributed by atoms with E-state index in [9.17, 15) is 4.79 Å². The van der Waals surface area contributed by atoms with Crippen molar-refractivity contribution in [3.63, 3.8) is 0 Å². The Hall–Kier alpha value is -2.74. The number of hydrogen-bond donors (Lipinski definition) is 0. The minimum Gasteiger partial charge on any atom is -0.497 e. The summed E-state index contributed by atoms with van der Waals surface area (Å²) in [6.07, 6.45) is 2.15. The standard InChI is InChI=1S/C19H21N5O2S/c1-3-15(25)23-8-10-24(11-9-23)19-18-17(20-12-21-19)16(22-27-18)13-4-6-14(26-2)7-5-13/h4-7,12H,3,8-11H2,1-2H3. The second kappa shape index (κ2) is 7.48. The summed E-state index contributed by atoms with van der Waals surface area (Å²) >= 11 is 1.42. The molecule has 0 spiro atoms. The van der Waals surface area contributed by atoms with Crippen molar-refractivity contribution in [3.8, 4) is 17.0 Å². The third kappa shape index (κ3) is 3.32. The first-order valence-corrected chi connectivity index (χ1v) is 9.76. The number of anilines is 1.